The molecule has 0 rings (SSSR count). The van der Waals surface area contributed by atoms with Crippen molar-refractivity contribution in [2.75, 3.05) is 19.4 Å². The predicted octanol–water partition coefficient (Wildman–Crippen LogP) is 0.672. The summed E-state index contributed by atoms with van der Waals surface area (Å²) in [5.74, 6) is 0. The number of rotatable bonds is 6. The summed E-state index contributed by atoms with van der Waals surface area (Å²) >= 11 is 0. The molecule has 0 saturated carbocycles. The number of hydrogen-bond acceptors (Lipinski definition) is 2. The van der Waals surface area contributed by atoms with E-state index in [1.54, 1.807) is 0 Å². The molecule has 0 aliphatic carbocycles. The molecule has 0 heterocycles. The van der Waals surface area contributed by atoms with Crippen molar-refractivity contribution in [1.29, 1.82) is 0 Å². The molecule has 66 valence electrons. The Morgan fingerprint density at radius 2 is 2.00 bits per heavy atom. The van der Waals surface area contributed by atoms with Gasteiger partial charge < -0.3 is 14.5 Å². The molecular formula is C6H13O4P. The largest absolute Gasteiger partial charge is 0.381 e. The molecule has 2 radical (unpaired) electrons. The van der Waals surface area contributed by atoms with Gasteiger partial charge in [0.25, 0.3) is 0 Å². The zero-order valence-electron chi connectivity index (χ0n) is 6.27. The van der Waals surface area contributed by atoms with Gasteiger partial charge in [-0.25, -0.2) is 0 Å². The van der Waals surface area contributed by atoms with Crippen LogP contribution in [0.25, 0.3) is 0 Å². The molecule has 0 spiro atoms. The normalized spacial score (nSPS) is 11.9. The Bertz CT molecular complexity index is 131. The van der Waals surface area contributed by atoms with Crippen LogP contribution in [0.1, 0.15) is 12.8 Å². The lowest BCUT2D eigenvalue weighted by molar-refractivity contribution is 0.138. The standard InChI is InChI=1S/C6H13O4P/c1-2-4-10-5-3-6-11(7,8)9/h1H,2-6H2,(H2,7,8,9). The highest BCUT2D eigenvalue weighted by Gasteiger charge is 2.10. The second-order valence-electron chi connectivity index (χ2n) is 2.14. The summed E-state index contributed by atoms with van der Waals surface area (Å²) in [7, 11) is -3.83. The van der Waals surface area contributed by atoms with Crippen LogP contribution in [0.5, 0.6) is 0 Å². The smallest absolute Gasteiger partial charge is 0.325 e. The minimum atomic E-state index is -3.83. The second kappa shape index (κ2) is 5.72. The zero-order valence-corrected chi connectivity index (χ0v) is 7.17. The third-order valence-corrected chi connectivity index (χ3v) is 1.90. The maximum Gasteiger partial charge on any atom is 0.325 e. The Morgan fingerprint density at radius 3 is 2.45 bits per heavy atom. The van der Waals surface area contributed by atoms with E-state index in [1.165, 1.54) is 0 Å². The monoisotopic (exact) mass is 180 g/mol. The lowest BCUT2D eigenvalue weighted by Crippen LogP contribution is -1.98. The maximum atomic E-state index is 10.3. The van der Waals surface area contributed by atoms with Gasteiger partial charge in [0.2, 0.25) is 0 Å². The maximum absolute atomic E-state index is 10.3. The van der Waals surface area contributed by atoms with Crippen LogP contribution in [-0.2, 0) is 9.30 Å². The Labute approximate surface area is 66.7 Å². The van der Waals surface area contributed by atoms with Crippen molar-refractivity contribution in [2.45, 2.75) is 12.8 Å². The summed E-state index contributed by atoms with van der Waals surface area (Å²) in [5, 5.41) is 0. The summed E-state index contributed by atoms with van der Waals surface area (Å²) in [6.45, 7) is 5.93. The van der Waals surface area contributed by atoms with E-state index in [0.717, 1.165) is 0 Å². The molecule has 4 nitrogen and oxygen atoms in total. The van der Waals surface area contributed by atoms with E-state index in [0.29, 0.717) is 26.1 Å². The fourth-order valence-corrected chi connectivity index (χ4v) is 1.10. The van der Waals surface area contributed by atoms with Crippen LogP contribution in [0.4, 0.5) is 0 Å². The molecule has 0 aromatic heterocycles. The first-order valence-corrected chi connectivity index (χ1v) is 5.18. The van der Waals surface area contributed by atoms with Gasteiger partial charge in [0.15, 0.2) is 0 Å². The van der Waals surface area contributed by atoms with E-state index in [9.17, 15) is 4.57 Å². The van der Waals surface area contributed by atoms with Gasteiger partial charge in [0, 0.05) is 13.2 Å². The van der Waals surface area contributed by atoms with E-state index in [2.05, 4.69) is 0 Å². The Morgan fingerprint density at radius 1 is 1.36 bits per heavy atom. The number of hydrogen-bond donors (Lipinski definition) is 2. The van der Waals surface area contributed by atoms with Crippen LogP contribution in [-0.4, -0.2) is 29.2 Å². The van der Waals surface area contributed by atoms with Crippen molar-refractivity contribution in [3.05, 3.63) is 6.92 Å². The van der Waals surface area contributed by atoms with Crippen LogP contribution in [0, 0.1) is 6.92 Å². The molecule has 0 aromatic carbocycles. The Kier molecular flexibility index (Phi) is 5.78. The highest BCUT2D eigenvalue weighted by molar-refractivity contribution is 7.51. The molecule has 11 heavy (non-hydrogen) atoms. The highest BCUT2D eigenvalue weighted by Crippen LogP contribution is 2.34. The average molecular weight is 180 g/mol. The van der Waals surface area contributed by atoms with Crippen LogP contribution in [0.2, 0.25) is 0 Å². The van der Waals surface area contributed by atoms with Gasteiger partial charge in [0.1, 0.15) is 0 Å². The third-order valence-electron chi connectivity index (χ3n) is 1.00. The van der Waals surface area contributed by atoms with E-state index < -0.39 is 7.60 Å². The molecule has 0 saturated heterocycles. The lowest BCUT2D eigenvalue weighted by atomic mass is 10.5. The van der Waals surface area contributed by atoms with Crippen LogP contribution in [0.3, 0.4) is 0 Å². The molecule has 5 heteroatoms. The van der Waals surface area contributed by atoms with Crippen LogP contribution < -0.4 is 0 Å². The lowest BCUT2D eigenvalue weighted by Gasteiger charge is -2.03. The first kappa shape index (κ1) is 11.1. The van der Waals surface area contributed by atoms with Crippen LogP contribution in [0.15, 0.2) is 0 Å². The molecule has 0 aliphatic heterocycles. The Hall–Kier alpha value is 0.110. The van der Waals surface area contributed by atoms with Crippen molar-refractivity contribution in [2.24, 2.45) is 0 Å². The minimum absolute atomic E-state index is 0.114. The predicted molar refractivity (Wildman–Crippen MR) is 41.3 cm³/mol. The molecule has 0 amide bonds. The molecule has 0 aromatic rings. The minimum Gasteiger partial charge on any atom is -0.381 e. The van der Waals surface area contributed by atoms with Crippen molar-refractivity contribution >= 4 is 7.60 Å². The fraction of sp³-hybridized carbons (Fsp3) is 0.833. The van der Waals surface area contributed by atoms with Crippen molar-refractivity contribution in [3.63, 3.8) is 0 Å². The van der Waals surface area contributed by atoms with Gasteiger partial charge in [-0.1, -0.05) is 0 Å². The molecule has 2 N–H and O–H groups in total. The first-order valence-electron chi connectivity index (χ1n) is 3.38. The average Bonchev–Trinajstić information content (AvgIpc) is 1.85. The first-order chi connectivity index (χ1) is 5.06. The van der Waals surface area contributed by atoms with Crippen molar-refractivity contribution in [3.8, 4) is 0 Å². The summed E-state index contributed by atoms with van der Waals surface area (Å²) in [6.07, 6.45) is 0.706. The van der Waals surface area contributed by atoms with Gasteiger partial charge in [-0.15, -0.1) is 0 Å². The molecule has 0 unspecified atom stereocenters. The third kappa shape index (κ3) is 10.1. The molecule has 0 atom stereocenters. The fourth-order valence-electron chi connectivity index (χ4n) is 0.558. The highest BCUT2D eigenvalue weighted by atomic mass is 31.2. The van der Waals surface area contributed by atoms with Gasteiger partial charge in [-0.3, -0.25) is 4.57 Å². The summed E-state index contributed by atoms with van der Waals surface area (Å²) in [5.41, 5.74) is 0. The topological polar surface area (TPSA) is 66.8 Å². The molecule has 0 bridgehead atoms. The SMILES string of the molecule is [CH]CCOCCCP(=O)(O)O. The van der Waals surface area contributed by atoms with Gasteiger partial charge >= 0.3 is 7.60 Å². The van der Waals surface area contributed by atoms with Crippen molar-refractivity contribution in [1.82, 2.24) is 0 Å². The van der Waals surface area contributed by atoms with E-state index in [1.807, 2.05) is 0 Å². The molecule has 0 fully saturated rings. The second-order valence-corrected chi connectivity index (χ2v) is 3.92. The van der Waals surface area contributed by atoms with Gasteiger partial charge in [-0.2, -0.15) is 0 Å². The zero-order chi connectivity index (χ0) is 8.74. The summed E-state index contributed by atoms with van der Waals surface area (Å²) in [6, 6.07) is 0. The molecule has 0 aliphatic rings. The summed E-state index contributed by atoms with van der Waals surface area (Å²) in [4.78, 5) is 16.8. The molecular weight excluding hydrogens is 167 g/mol. The van der Waals surface area contributed by atoms with E-state index in [4.69, 9.17) is 21.4 Å². The van der Waals surface area contributed by atoms with E-state index >= 15 is 0 Å². The van der Waals surface area contributed by atoms with Gasteiger partial charge in [0.05, 0.1) is 6.16 Å². The number of ether oxygens (including phenoxy) is 1. The van der Waals surface area contributed by atoms with Crippen molar-refractivity contribution < 1.29 is 19.1 Å². The summed E-state index contributed by atoms with van der Waals surface area (Å²) < 4.78 is 15.2. The van der Waals surface area contributed by atoms with E-state index in [-0.39, 0.29) is 6.16 Å². The van der Waals surface area contributed by atoms with Crippen LogP contribution >= 0.6 is 7.60 Å². The quantitative estimate of drug-likeness (QED) is 0.465. The Balaban J connectivity index is 3.09. The van der Waals surface area contributed by atoms with Gasteiger partial charge in [-0.05, 0) is 19.8 Å².